The van der Waals surface area contributed by atoms with Crippen molar-refractivity contribution >= 4 is 29.1 Å². The minimum atomic E-state index is -1.49. The van der Waals surface area contributed by atoms with Gasteiger partial charge in [-0.2, -0.15) is 4.98 Å². The lowest BCUT2D eigenvalue weighted by atomic mass is 9.96. The standard InChI is InChI=1S/C23H19ClF3N7O/c1-28-21-14-4-3-13(11-5-15(25)19(27)16(26)6-11)20(14)32-23(33-21)31-12-7-17(35-2)22(29-8-12)34-9-18(24)30-10-34/h5-10,13H,3-4H2,1-2H3,(H2,28,31,32,33). The second-order valence-corrected chi connectivity index (χ2v) is 8.27. The molecule has 1 atom stereocenters. The molecule has 1 aliphatic rings. The van der Waals surface area contributed by atoms with Crippen LogP contribution in [0.2, 0.25) is 5.15 Å². The number of fused-ring (bicyclic) bond motifs is 1. The first-order valence-corrected chi connectivity index (χ1v) is 11.0. The molecule has 180 valence electrons. The predicted octanol–water partition coefficient (Wildman–Crippen LogP) is 5.00. The summed E-state index contributed by atoms with van der Waals surface area (Å²) in [5.74, 6) is -2.57. The van der Waals surface area contributed by atoms with Crippen LogP contribution in [0.3, 0.4) is 0 Å². The van der Waals surface area contributed by atoms with E-state index in [9.17, 15) is 13.2 Å². The van der Waals surface area contributed by atoms with Crippen molar-refractivity contribution in [3.8, 4) is 11.6 Å². The molecule has 0 spiro atoms. The fourth-order valence-corrected chi connectivity index (χ4v) is 4.37. The normalized spacial score (nSPS) is 14.6. The lowest BCUT2D eigenvalue weighted by molar-refractivity contribution is 0.411. The van der Waals surface area contributed by atoms with Crippen molar-refractivity contribution in [2.24, 2.45) is 0 Å². The van der Waals surface area contributed by atoms with Gasteiger partial charge in [0, 0.05) is 30.8 Å². The first-order chi connectivity index (χ1) is 16.9. The van der Waals surface area contributed by atoms with Gasteiger partial charge in [0.15, 0.2) is 29.0 Å². The molecule has 2 N–H and O–H groups in total. The van der Waals surface area contributed by atoms with E-state index in [1.54, 1.807) is 30.1 Å². The topological polar surface area (TPSA) is 89.8 Å². The number of imidazole rings is 1. The molecule has 0 fully saturated rings. The van der Waals surface area contributed by atoms with Crippen molar-refractivity contribution in [2.75, 3.05) is 24.8 Å². The first kappa shape index (κ1) is 22.9. The summed E-state index contributed by atoms with van der Waals surface area (Å²) in [5, 5.41) is 6.47. The van der Waals surface area contributed by atoms with Crippen LogP contribution in [0.1, 0.15) is 29.2 Å². The molecule has 0 amide bonds. The third-order valence-electron chi connectivity index (χ3n) is 5.80. The molecule has 0 saturated heterocycles. The first-order valence-electron chi connectivity index (χ1n) is 10.6. The molecule has 0 aliphatic heterocycles. The maximum Gasteiger partial charge on any atom is 0.229 e. The largest absolute Gasteiger partial charge is 0.493 e. The van der Waals surface area contributed by atoms with Crippen molar-refractivity contribution in [1.82, 2.24) is 24.5 Å². The summed E-state index contributed by atoms with van der Waals surface area (Å²) < 4.78 is 48.4. The van der Waals surface area contributed by atoms with E-state index < -0.39 is 23.4 Å². The minimum Gasteiger partial charge on any atom is -0.493 e. The number of hydrogen-bond acceptors (Lipinski definition) is 7. The number of rotatable bonds is 6. The number of hydrogen-bond donors (Lipinski definition) is 2. The van der Waals surface area contributed by atoms with E-state index in [0.717, 1.165) is 17.7 Å². The molecule has 1 aromatic carbocycles. The molecular formula is C23H19ClF3N7O. The molecular weight excluding hydrogens is 483 g/mol. The highest BCUT2D eigenvalue weighted by atomic mass is 35.5. The van der Waals surface area contributed by atoms with Crippen LogP contribution in [0.4, 0.5) is 30.6 Å². The zero-order valence-electron chi connectivity index (χ0n) is 18.6. The van der Waals surface area contributed by atoms with E-state index in [1.165, 1.54) is 13.4 Å². The molecule has 1 unspecified atom stereocenters. The predicted molar refractivity (Wildman–Crippen MR) is 124 cm³/mol. The van der Waals surface area contributed by atoms with Crippen LogP contribution in [0.5, 0.6) is 5.75 Å². The molecule has 0 bridgehead atoms. The van der Waals surface area contributed by atoms with Crippen LogP contribution in [-0.2, 0) is 6.42 Å². The summed E-state index contributed by atoms with van der Waals surface area (Å²) in [6.45, 7) is 0. The monoisotopic (exact) mass is 501 g/mol. The van der Waals surface area contributed by atoms with E-state index in [0.29, 0.717) is 52.3 Å². The van der Waals surface area contributed by atoms with E-state index in [4.69, 9.17) is 16.3 Å². The Labute approximate surface area is 203 Å². The van der Waals surface area contributed by atoms with Crippen LogP contribution in [0.15, 0.2) is 36.9 Å². The number of methoxy groups -OCH3 is 1. The third kappa shape index (κ3) is 4.23. The van der Waals surface area contributed by atoms with Gasteiger partial charge in [0.25, 0.3) is 0 Å². The number of ether oxygens (including phenoxy) is 1. The number of nitrogens with one attached hydrogen (secondary N) is 2. The highest BCUT2D eigenvalue weighted by Crippen LogP contribution is 2.41. The number of aromatic nitrogens is 5. The number of nitrogens with zero attached hydrogens (tertiary/aromatic N) is 5. The van der Waals surface area contributed by atoms with Crippen molar-refractivity contribution in [1.29, 1.82) is 0 Å². The van der Waals surface area contributed by atoms with Crippen molar-refractivity contribution in [3.63, 3.8) is 0 Å². The van der Waals surface area contributed by atoms with Gasteiger partial charge < -0.3 is 15.4 Å². The molecule has 12 heteroatoms. The maximum atomic E-state index is 13.9. The van der Waals surface area contributed by atoms with E-state index in [1.807, 2.05) is 0 Å². The minimum absolute atomic E-state index is 0.255. The van der Waals surface area contributed by atoms with Gasteiger partial charge in [0.05, 0.1) is 24.7 Å². The molecule has 4 aromatic rings. The van der Waals surface area contributed by atoms with Crippen LogP contribution < -0.4 is 15.4 Å². The summed E-state index contributed by atoms with van der Waals surface area (Å²) >= 11 is 5.90. The highest BCUT2D eigenvalue weighted by Gasteiger charge is 2.31. The second kappa shape index (κ2) is 9.06. The number of pyridine rings is 1. The number of anilines is 3. The molecule has 8 nitrogen and oxygen atoms in total. The Kier molecular flexibility index (Phi) is 5.93. The number of benzene rings is 1. The van der Waals surface area contributed by atoms with E-state index in [-0.39, 0.29) is 5.95 Å². The zero-order chi connectivity index (χ0) is 24.7. The fraction of sp³-hybridized carbons (Fsp3) is 0.217. The SMILES string of the molecule is CNc1nc(Nc2cnc(-n3cnc(Cl)c3)c(OC)c2)nc2c1CCC2c1cc(F)c(F)c(F)c1. The van der Waals surface area contributed by atoms with Gasteiger partial charge in [0.1, 0.15) is 17.3 Å². The lowest BCUT2D eigenvalue weighted by Crippen LogP contribution is -2.09. The number of halogens is 4. The molecule has 0 saturated carbocycles. The van der Waals surface area contributed by atoms with Crippen LogP contribution in [-0.4, -0.2) is 38.7 Å². The average molecular weight is 502 g/mol. The van der Waals surface area contributed by atoms with E-state index in [2.05, 4.69) is 30.6 Å². The average Bonchev–Trinajstić information content (AvgIpc) is 3.48. The summed E-state index contributed by atoms with van der Waals surface area (Å²) in [4.78, 5) is 17.6. The third-order valence-corrected chi connectivity index (χ3v) is 6.00. The van der Waals surface area contributed by atoms with Crippen molar-refractivity contribution in [3.05, 3.63) is 76.3 Å². The van der Waals surface area contributed by atoms with Crippen LogP contribution >= 0.6 is 11.6 Å². The Morgan fingerprint density at radius 2 is 1.89 bits per heavy atom. The Morgan fingerprint density at radius 1 is 1.11 bits per heavy atom. The smallest absolute Gasteiger partial charge is 0.229 e. The van der Waals surface area contributed by atoms with Crippen LogP contribution in [0.25, 0.3) is 5.82 Å². The molecule has 3 aromatic heterocycles. The summed E-state index contributed by atoms with van der Waals surface area (Å²) in [7, 11) is 3.24. The van der Waals surface area contributed by atoms with Gasteiger partial charge >= 0.3 is 0 Å². The summed E-state index contributed by atoms with van der Waals surface area (Å²) in [6, 6.07) is 3.75. The van der Waals surface area contributed by atoms with Gasteiger partial charge in [-0.25, -0.2) is 28.1 Å². The van der Waals surface area contributed by atoms with Gasteiger partial charge in [-0.05, 0) is 30.5 Å². The quantitative estimate of drug-likeness (QED) is 0.359. The van der Waals surface area contributed by atoms with Gasteiger partial charge in [-0.15, -0.1) is 0 Å². The Balaban J connectivity index is 1.50. The van der Waals surface area contributed by atoms with Crippen molar-refractivity contribution in [2.45, 2.75) is 18.8 Å². The Bertz CT molecular complexity index is 1410. The molecule has 0 radical (unpaired) electrons. The second-order valence-electron chi connectivity index (χ2n) is 7.88. The highest BCUT2D eigenvalue weighted by molar-refractivity contribution is 6.29. The molecule has 1 aliphatic carbocycles. The summed E-state index contributed by atoms with van der Waals surface area (Å²) in [6.07, 6.45) is 5.86. The van der Waals surface area contributed by atoms with Gasteiger partial charge in [0.2, 0.25) is 5.95 Å². The summed E-state index contributed by atoms with van der Waals surface area (Å²) in [5.41, 5.74) is 2.32. The van der Waals surface area contributed by atoms with Crippen molar-refractivity contribution < 1.29 is 17.9 Å². The Morgan fingerprint density at radius 3 is 2.54 bits per heavy atom. The molecule has 3 heterocycles. The lowest BCUT2D eigenvalue weighted by Gasteiger charge is -2.16. The van der Waals surface area contributed by atoms with Gasteiger partial charge in [-0.3, -0.25) is 4.57 Å². The Hall–Kier alpha value is -3.86. The zero-order valence-corrected chi connectivity index (χ0v) is 19.4. The molecule has 5 rings (SSSR count). The van der Waals surface area contributed by atoms with Gasteiger partial charge in [-0.1, -0.05) is 11.6 Å². The van der Waals surface area contributed by atoms with Crippen LogP contribution in [0, 0.1) is 17.5 Å². The fourth-order valence-electron chi connectivity index (χ4n) is 4.22. The molecule has 35 heavy (non-hydrogen) atoms. The maximum absolute atomic E-state index is 13.9. The van der Waals surface area contributed by atoms with E-state index >= 15 is 0 Å².